The molecule has 96 valence electrons. The van der Waals surface area contributed by atoms with Crippen LogP contribution in [-0.2, 0) is 4.79 Å². The van der Waals surface area contributed by atoms with Gasteiger partial charge in [-0.2, -0.15) is 0 Å². The molecule has 1 fully saturated rings. The second-order valence-corrected chi connectivity index (χ2v) is 6.04. The van der Waals surface area contributed by atoms with E-state index in [9.17, 15) is 4.79 Å². The van der Waals surface area contributed by atoms with Crippen LogP contribution in [0.5, 0.6) is 0 Å². The van der Waals surface area contributed by atoms with Crippen molar-refractivity contribution in [2.45, 2.75) is 40.7 Å². The van der Waals surface area contributed by atoms with Crippen LogP contribution in [-0.4, -0.2) is 29.9 Å². The number of amides is 1. The Morgan fingerprint density at radius 1 is 1.25 bits per heavy atom. The van der Waals surface area contributed by atoms with Crippen molar-refractivity contribution in [3.8, 4) is 0 Å². The molecule has 16 heavy (non-hydrogen) atoms. The fraction of sp³-hybridized carbons (Fsp3) is 0.917. The van der Waals surface area contributed by atoms with Gasteiger partial charge in [-0.3, -0.25) is 4.79 Å². The molecule has 2 N–H and O–H groups in total. The van der Waals surface area contributed by atoms with E-state index in [0.717, 1.165) is 13.1 Å². The number of rotatable bonds is 1. The number of nitrogens with two attached hydrogens (primary N) is 1. The molecule has 1 amide bonds. The molecule has 1 aliphatic heterocycles. The van der Waals surface area contributed by atoms with Crippen LogP contribution < -0.4 is 5.73 Å². The summed E-state index contributed by atoms with van der Waals surface area (Å²) in [6.45, 7) is 12.2. The lowest BCUT2D eigenvalue weighted by Gasteiger charge is -2.29. The van der Waals surface area contributed by atoms with Crippen LogP contribution in [0.3, 0.4) is 0 Å². The van der Waals surface area contributed by atoms with E-state index in [1.165, 1.54) is 0 Å². The molecule has 1 heterocycles. The normalized spacial score (nSPS) is 27.5. The second kappa shape index (κ2) is 5.37. The minimum atomic E-state index is -0.380. The first-order chi connectivity index (χ1) is 6.73. The monoisotopic (exact) mass is 248 g/mol. The molecule has 0 aromatic heterocycles. The van der Waals surface area contributed by atoms with E-state index < -0.39 is 0 Å². The van der Waals surface area contributed by atoms with Gasteiger partial charge in [0.1, 0.15) is 0 Å². The van der Waals surface area contributed by atoms with Gasteiger partial charge in [-0.25, -0.2) is 0 Å². The maximum atomic E-state index is 12.1. The third kappa shape index (κ3) is 3.36. The Hall–Kier alpha value is -0.280. The largest absolute Gasteiger partial charge is 0.341 e. The van der Waals surface area contributed by atoms with Gasteiger partial charge in [0.15, 0.2) is 0 Å². The van der Waals surface area contributed by atoms with Gasteiger partial charge in [-0.1, -0.05) is 34.6 Å². The molecule has 1 rings (SSSR count). The zero-order valence-corrected chi connectivity index (χ0v) is 11.8. The van der Waals surface area contributed by atoms with E-state index in [-0.39, 0.29) is 29.8 Å². The summed E-state index contributed by atoms with van der Waals surface area (Å²) in [5.74, 6) is 1.31. The van der Waals surface area contributed by atoms with Gasteiger partial charge in [0.2, 0.25) is 5.91 Å². The third-order valence-corrected chi connectivity index (χ3v) is 3.50. The molecule has 1 aliphatic rings. The lowest BCUT2D eigenvalue weighted by Crippen LogP contribution is -2.49. The average Bonchev–Trinajstić information content (AvgIpc) is 2.43. The first kappa shape index (κ1) is 15.7. The van der Waals surface area contributed by atoms with Crippen molar-refractivity contribution in [3.05, 3.63) is 0 Å². The summed E-state index contributed by atoms with van der Waals surface area (Å²) in [6, 6.07) is -0.380. The van der Waals surface area contributed by atoms with Crippen molar-refractivity contribution >= 4 is 18.3 Å². The van der Waals surface area contributed by atoms with Crippen LogP contribution >= 0.6 is 12.4 Å². The number of halogens is 1. The Kier molecular flexibility index (Phi) is 5.27. The Morgan fingerprint density at radius 2 is 1.62 bits per heavy atom. The number of nitrogens with zero attached hydrogens (tertiary/aromatic N) is 1. The van der Waals surface area contributed by atoms with Crippen LogP contribution in [0.25, 0.3) is 0 Å². The molecule has 0 radical (unpaired) electrons. The number of hydrogen-bond donors (Lipinski definition) is 1. The molecule has 0 bridgehead atoms. The lowest BCUT2D eigenvalue weighted by molar-refractivity contribution is -0.134. The molecule has 0 aromatic rings. The molecule has 0 spiro atoms. The maximum Gasteiger partial charge on any atom is 0.240 e. The summed E-state index contributed by atoms with van der Waals surface area (Å²) in [4.78, 5) is 14.0. The highest BCUT2D eigenvalue weighted by molar-refractivity contribution is 5.85. The molecular formula is C12H25ClN2O. The zero-order chi connectivity index (χ0) is 11.8. The van der Waals surface area contributed by atoms with E-state index in [2.05, 4.69) is 13.8 Å². The van der Waals surface area contributed by atoms with Crippen molar-refractivity contribution in [1.82, 2.24) is 4.90 Å². The minimum Gasteiger partial charge on any atom is -0.341 e. The van der Waals surface area contributed by atoms with Gasteiger partial charge in [0.05, 0.1) is 6.04 Å². The van der Waals surface area contributed by atoms with E-state index in [0.29, 0.717) is 11.8 Å². The number of carbonyl (C=O) groups excluding carboxylic acids is 1. The van der Waals surface area contributed by atoms with Gasteiger partial charge in [0.25, 0.3) is 0 Å². The quantitative estimate of drug-likeness (QED) is 0.771. The van der Waals surface area contributed by atoms with E-state index in [1.54, 1.807) is 0 Å². The fourth-order valence-corrected chi connectivity index (χ4v) is 1.88. The Bertz CT molecular complexity index is 240. The Morgan fingerprint density at radius 3 is 1.94 bits per heavy atom. The molecule has 3 nitrogen and oxygen atoms in total. The third-order valence-electron chi connectivity index (χ3n) is 3.50. The van der Waals surface area contributed by atoms with Crippen LogP contribution in [0.4, 0.5) is 0 Å². The second-order valence-electron chi connectivity index (χ2n) is 6.04. The topological polar surface area (TPSA) is 46.3 Å². The van der Waals surface area contributed by atoms with E-state index in [1.807, 2.05) is 25.7 Å². The predicted molar refractivity (Wildman–Crippen MR) is 69.6 cm³/mol. The molecule has 2 unspecified atom stereocenters. The van der Waals surface area contributed by atoms with Gasteiger partial charge < -0.3 is 10.6 Å². The standard InChI is InChI=1S/C12H24N2O.ClH/c1-8-6-14(7-9(8)2)11(15)10(13)12(3,4)5;/h8-10H,6-7,13H2,1-5H3;1H/t8?,9?,10-;/m1./s1. The highest BCUT2D eigenvalue weighted by atomic mass is 35.5. The lowest BCUT2D eigenvalue weighted by atomic mass is 9.86. The van der Waals surface area contributed by atoms with Crippen molar-refractivity contribution < 1.29 is 4.79 Å². The average molecular weight is 249 g/mol. The van der Waals surface area contributed by atoms with Crippen molar-refractivity contribution in [3.63, 3.8) is 0 Å². The molecule has 4 heteroatoms. The number of likely N-dealkylation sites (tertiary alicyclic amines) is 1. The summed E-state index contributed by atoms with van der Waals surface area (Å²) < 4.78 is 0. The van der Waals surface area contributed by atoms with Crippen LogP contribution in [0, 0.1) is 17.3 Å². The zero-order valence-electron chi connectivity index (χ0n) is 11.0. The summed E-state index contributed by atoms with van der Waals surface area (Å²) >= 11 is 0. The van der Waals surface area contributed by atoms with Crippen LogP contribution in [0.1, 0.15) is 34.6 Å². The van der Waals surface area contributed by atoms with Crippen molar-refractivity contribution in [1.29, 1.82) is 0 Å². The molecule has 0 saturated carbocycles. The molecule has 3 atom stereocenters. The summed E-state index contributed by atoms with van der Waals surface area (Å²) in [5.41, 5.74) is 5.83. The number of carbonyl (C=O) groups is 1. The van der Waals surface area contributed by atoms with Crippen molar-refractivity contribution in [2.75, 3.05) is 13.1 Å². The maximum absolute atomic E-state index is 12.1. The first-order valence-electron chi connectivity index (χ1n) is 5.78. The Balaban J connectivity index is 0.00000225. The van der Waals surface area contributed by atoms with Crippen LogP contribution in [0.15, 0.2) is 0 Å². The Labute approximate surface area is 105 Å². The van der Waals surface area contributed by atoms with E-state index >= 15 is 0 Å². The molecule has 0 aromatic carbocycles. The number of hydrogen-bond acceptors (Lipinski definition) is 2. The first-order valence-corrected chi connectivity index (χ1v) is 5.78. The van der Waals surface area contributed by atoms with Gasteiger partial charge in [-0.05, 0) is 17.3 Å². The summed E-state index contributed by atoms with van der Waals surface area (Å²) in [7, 11) is 0. The van der Waals surface area contributed by atoms with E-state index in [4.69, 9.17) is 5.73 Å². The smallest absolute Gasteiger partial charge is 0.240 e. The molecular weight excluding hydrogens is 224 g/mol. The molecule has 0 aliphatic carbocycles. The highest BCUT2D eigenvalue weighted by Crippen LogP contribution is 2.25. The van der Waals surface area contributed by atoms with Gasteiger partial charge >= 0.3 is 0 Å². The predicted octanol–water partition coefficient (Wildman–Crippen LogP) is 1.90. The fourth-order valence-electron chi connectivity index (χ4n) is 1.88. The van der Waals surface area contributed by atoms with Gasteiger partial charge in [0, 0.05) is 13.1 Å². The van der Waals surface area contributed by atoms with Gasteiger partial charge in [-0.15, -0.1) is 12.4 Å². The molecule has 1 saturated heterocycles. The van der Waals surface area contributed by atoms with Crippen molar-refractivity contribution in [2.24, 2.45) is 23.0 Å². The summed E-state index contributed by atoms with van der Waals surface area (Å²) in [6.07, 6.45) is 0. The SMILES string of the molecule is CC1CN(C(=O)[C@@H](N)C(C)(C)C)CC1C.Cl. The minimum absolute atomic E-state index is 0. The van der Waals surface area contributed by atoms with Crippen LogP contribution in [0.2, 0.25) is 0 Å². The summed E-state index contributed by atoms with van der Waals surface area (Å²) in [5, 5.41) is 0. The highest BCUT2D eigenvalue weighted by Gasteiger charge is 2.36.